The molecule has 0 amide bonds. The third kappa shape index (κ3) is 7.71. The van der Waals surface area contributed by atoms with Gasteiger partial charge >= 0.3 is 0 Å². The molecule has 3 aromatic rings. The van der Waals surface area contributed by atoms with Gasteiger partial charge in [-0.3, -0.25) is 14.6 Å². The number of hydrogen-bond donors (Lipinski definition) is 1. The quantitative estimate of drug-likeness (QED) is 0.267. The molecule has 0 saturated heterocycles. The van der Waals surface area contributed by atoms with Crippen LogP contribution in [-0.4, -0.2) is 67.3 Å². The smallest absolute Gasteiger partial charge is 0.197 e. The lowest BCUT2D eigenvalue weighted by Gasteiger charge is -2.21. The van der Waals surface area contributed by atoms with Crippen molar-refractivity contribution in [3.8, 4) is 11.5 Å². The maximum atomic E-state index is 13.1. The van der Waals surface area contributed by atoms with Crippen molar-refractivity contribution in [2.75, 3.05) is 52.5 Å². The summed E-state index contributed by atoms with van der Waals surface area (Å²) in [6, 6.07) is 11.4. The molecule has 3 rings (SSSR count). The predicted octanol–water partition coefficient (Wildman–Crippen LogP) is 5.68. The van der Waals surface area contributed by atoms with E-state index in [1.54, 1.807) is 0 Å². The van der Waals surface area contributed by atoms with Gasteiger partial charge in [0.1, 0.15) is 24.7 Å². The molecule has 0 fully saturated rings. The fourth-order valence-corrected chi connectivity index (χ4v) is 4.64. The molecule has 0 spiro atoms. The van der Waals surface area contributed by atoms with Gasteiger partial charge in [-0.25, -0.2) is 0 Å². The molecule has 192 valence electrons. The molecule has 0 bridgehead atoms. The molecule has 2 aromatic carbocycles. The zero-order valence-electron chi connectivity index (χ0n) is 22.1. The van der Waals surface area contributed by atoms with Crippen LogP contribution < -0.4 is 14.9 Å². The summed E-state index contributed by atoms with van der Waals surface area (Å²) >= 11 is 0. The second-order valence-electron chi connectivity index (χ2n) is 9.25. The SMILES string of the molecule is CCCN(CCC)CCOc1ccc2c(=O)c3ccc(OCCN(CCC)CCC)cc3[nH]c2c1. The van der Waals surface area contributed by atoms with Crippen LogP contribution in [0.3, 0.4) is 0 Å². The number of nitrogens with zero attached hydrogens (tertiary/aromatic N) is 2. The van der Waals surface area contributed by atoms with Gasteiger partial charge in [0.15, 0.2) is 5.43 Å². The Hall–Kier alpha value is -2.57. The summed E-state index contributed by atoms with van der Waals surface area (Å²) in [7, 11) is 0. The van der Waals surface area contributed by atoms with Crippen LogP contribution in [0.2, 0.25) is 0 Å². The monoisotopic (exact) mass is 481 g/mol. The molecule has 0 radical (unpaired) electrons. The maximum Gasteiger partial charge on any atom is 0.197 e. The molecule has 0 aliphatic carbocycles. The molecule has 0 atom stereocenters. The summed E-state index contributed by atoms with van der Waals surface area (Å²) in [5.74, 6) is 1.56. The van der Waals surface area contributed by atoms with Crippen LogP contribution >= 0.6 is 0 Å². The molecule has 0 aliphatic rings. The first-order valence-electron chi connectivity index (χ1n) is 13.4. The Morgan fingerprint density at radius 3 is 1.40 bits per heavy atom. The zero-order chi connectivity index (χ0) is 25.0. The van der Waals surface area contributed by atoms with E-state index in [-0.39, 0.29) is 5.43 Å². The number of fused-ring (bicyclic) bond motifs is 2. The van der Waals surface area contributed by atoms with E-state index in [9.17, 15) is 4.79 Å². The van der Waals surface area contributed by atoms with Crippen molar-refractivity contribution in [3.63, 3.8) is 0 Å². The van der Waals surface area contributed by atoms with Gasteiger partial charge in [-0.2, -0.15) is 0 Å². The van der Waals surface area contributed by atoms with E-state index in [2.05, 4.69) is 42.5 Å². The Bertz CT molecular complexity index is 1020. The van der Waals surface area contributed by atoms with Crippen molar-refractivity contribution in [3.05, 3.63) is 46.6 Å². The highest BCUT2D eigenvalue weighted by Gasteiger charge is 2.09. The summed E-state index contributed by atoms with van der Waals surface area (Å²) in [6.45, 7) is 16.3. The highest BCUT2D eigenvalue weighted by Crippen LogP contribution is 2.23. The molecule has 1 aromatic heterocycles. The minimum Gasteiger partial charge on any atom is -0.492 e. The Balaban J connectivity index is 1.71. The molecular weight excluding hydrogens is 438 g/mol. The number of nitrogens with one attached hydrogen (secondary N) is 1. The lowest BCUT2D eigenvalue weighted by Crippen LogP contribution is -2.30. The van der Waals surface area contributed by atoms with Crippen molar-refractivity contribution in [2.24, 2.45) is 0 Å². The average molecular weight is 482 g/mol. The number of hydrogen-bond acceptors (Lipinski definition) is 5. The number of aromatic amines is 1. The number of ether oxygens (including phenoxy) is 2. The first-order valence-corrected chi connectivity index (χ1v) is 13.4. The van der Waals surface area contributed by atoms with Gasteiger partial charge in [0, 0.05) is 36.0 Å². The predicted molar refractivity (Wildman–Crippen MR) is 147 cm³/mol. The van der Waals surface area contributed by atoms with Crippen LogP contribution in [0.1, 0.15) is 53.4 Å². The summed E-state index contributed by atoms with van der Waals surface area (Å²) in [4.78, 5) is 21.4. The number of benzene rings is 2. The first kappa shape index (κ1) is 27.0. The van der Waals surface area contributed by atoms with Crippen LogP contribution in [0.15, 0.2) is 41.2 Å². The van der Waals surface area contributed by atoms with Crippen LogP contribution in [0.5, 0.6) is 11.5 Å². The Kier molecular flexibility index (Phi) is 10.9. The van der Waals surface area contributed by atoms with E-state index in [0.29, 0.717) is 24.0 Å². The topological polar surface area (TPSA) is 57.8 Å². The first-order chi connectivity index (χ1) is 17.1. The van der Waals surface area contributed by atoms with Gasteiger partial charge in [0.25, 0.3) is 0 Å². The second-order valence-corrected chi connectivity index (χ2v) is 9.25. The number of aromatic nitrogens is 1. The van der Waals surface area contributed by atoms with Crippen molar-refractivity contribution in [2.45, 2.75) is 53.4 Å². The van der Waals surface area contributed by atoms with Crippen molar-refractivity contribution in [1.29, 1.82) is 0 Å². The van der Waals surface area contributed by atoms with Crippen LogP contribution in [0, 0.1) is 0 Å². The molecule has 1 heterocycles. The number of rotatable bonds is 16. The summed E-state index contributed by atoms with van der Waals surface area (Å²) in [5, 5.41) is 1.35. The minimum absolute atomic E-state index is 0.0287. The van der Waals surface area contributed by atoms with E-state index in [1.807, 2.05) is 36.4 Å². The molecule has 0 saturated carbocycles. The minimum atomic E-state index is 0.0287. The third-order valence-electron chi connectivity index (χ3n) is 6.25. The van der Waals surface area contributed by atoms with Gasteiger partial charge in [-0.05, 0) is 76.1 Å². The molecular formula is C29H43N3O3. The second kappa shape index (κ2) is 14.1. The maximum absolute atomic E-state index is 13.1. The van der Waals surface area contributed by atoms with Crippen molar-refractivity contribution < 1.29 is 9.47 Å². The molecule has 0 aliphatic heterocycles. The normalized spacial score (nSPS) is 11.7. The fourth-order valence-electron chi connectivity index (χ4n) is 4.64. The van der Waals surface area contributed by atoms with E-state index < -0.39 is 0 Å². The summed E-state index contributed by atoms with van der Waals surface area (Å²) in [6.07, 6.45) is 4.58. The molecule has 0 unspecified atom stereocenters. The van der Waals surface area contributed by atoms with Gasteiger partial charge < -0.3 is 14.5 Å². The summed E-state index contributed by atoms with van der Waals surface area (Å²) in [5.41, 5.74) is 1.60. The summed E-state index contributed by atoms with van der Waals surface area (Å²) < 4.78 is 12.1. The molecule has 1 N–H and O–H groups in total. The standard InChI is InChI=1S/C29H43N3O3/c1-5-13-31(14-6-2)17-19-34-23-9-11-25-27(21-23)30-28-22-24(10-12-26(28)29(25)33)35-20-18-32(15-7-3)16-8-4/h9-12,21-22H,5-8,13-20H2,1-4H3,(H,30,33). The largest absolute Gasteiger partial charge is 0.492 e. The lowest BCUT2D eigenvalue weighted by molar-refractivity contribution is 0.209. The van der Waals surface area contributed by atoms with Crippen LogP contribution in [0.25, 0.3) is 21.8 Å². The van der Waals surface area contributed by atoms with E-state index in [1.165, 1.54) is 0 Å². The highest BCUT2D eigenvalue weighted by atomic mass is 16.5. The van der Waals surface area contributed by atoms with Gasteiger partial charge in [-0.15, -0.1) is 0 Å². The van der Waals surface area contributed by atoms with Gasteiger partial charge in [0.05, 0.1) is 11.0 Å². The van der Waals surface area contributed by atoms with Gasteiger partial charge in [0.2, 0.25) is 0 Å². The molecule has 6 heteroatoms. The zero-order valence-corrected chi connectivity index (χ0v) is 22.1. The van der Waals surface area contributed by atoms with Crippen LogP contribution in [0.4, 0.5) is 0 Å². The molecule has 6 nitrogen and oxygen atoms in total. The Morgan fingerprint density at radius 1 is 0.629 bits per heavy atom. The van der Waals surface area contributed by atoms with E-state index in [0.717, 1.165) is 87.5 Å². The van der Waals surface area contributed by atoms with E-state index in [4.69, 9.17) is 9.47 Å². The average Bonchev–Trinajstić information content (AvgIpc) is 2.84. The number of H-pyrrole nitrogens is 1. The van der Waals surface area contributed by atoms with Crippen molar-refractivity contribution in [1.82, 2.24) is 14.8 Å². The van der Waals surface area contributed by atoms with Crippen molar-refractivity contribution >= 4 is 21.8 Å². The lowest BCUT2D eigenvalue weighted by atomic mass is 10.1. The van der Waals surface area contributed by atoms with Gasteiger partial charge in [-0.1, -0.05) is 27.7 Å². The Labute approximate surface area is 210 Å². The van der Waals surface area contributed by atoms with E-state index >= 15 is 0 Å². The Morgan fingerprint density at radius 2 is 1.03 bits per heavy atom. The third-order valence-corrected chi connectivity index (χ3v) is 6.25. The number of pyridine rings is 1. The van der Waals surface area contributed by atoms with Crippen LogP contribution in [-0.2, 0) is 0 Å². The fraction of sp³-hybridized carbons (Fsp3) is 0.552. The highest BCUT2D eigenvalue weighted by molar-refractivity contribution is 5.93. The molecule has 35 heavy (non-hydrogen) atoms.